The number of hydrogen-bond donors (Lipinski definition) is 1. The van der Waals surface area contributed by atoms with Crippen LogP contribution in [0.5, 0.6) is 23.0 Å². The molecule has 0 atom stereocenters. The quantitative estimate of drug-likeness (QED) is 0.429. The average Bonchev–Trinajstić information content (AvgIpc) is 2.75. The molecular formula is C23H29NO5. The van der Waals surface area contributed by atoms with E-state index in [4.69, 9.17) is 18.9 Å². The van der Waals surface area contributed by atoms with Crippen LogP contribution in [-0.4, -0.2) is 33.8 Å². The number of rotatable bonds is 11. The smallest absolute Gasteiger partial charge is 0.248 e. The van der Waals surface area contributed by atoms with Crippen LogP contribution in [0, 0.1) is 0 Å². The zero-order chi connectivity index (χ0) is 21.1. The molecule has 0 aromatic heterocycles. The molecule has 0 saturated heterocycles. The number of methoxy groups -OCH3 is 3. The van der Waals surface area contributed by atoms with Gasteiger partial charge in [-0.25, -0.2) is 0 Å². The van der Waals surface area contributed by atoms with Crippen molar-refractivity contribution in [3.8, 4) is 23.0 Å². The number of unbranched alkanes of at least 4 members (excludes halogenated alkanes) is 2. The van der Waals surface area contributed by atoms with Gasteiger partial charge in [-0.3, -0.25) is 4.79 Å². The van der Waals surface area contributed by atoms with Crippen LogP contribution in [0.15, 0.2) is 42.5 Å². The first-order chi connectivity index (χ1) is 14.1. The van der Waals surface area contributed by atoms with Crippen LogP contribution in [0.1, 0.15) is 31.7 Å². The normalized spacial score (nSPS) is 10.6. The van der Waals surface area contributed by atoms with E-state index in [0.29, 0.717) is 35.3 Å². The lowest BCUT2D eigenvalue weighted by atomic mass is 10.2. The fraction of sp³-hybridized carbons (Fsp3) is 0.348. The van der Waals surface area contributed by atoms with Crippen molar-refractivity contribution in [1.29, 1.82) is 0 Å². The molecule has 0 heterocycles. The van der Waals surface area contributed by atoms with Gasteiger partial charge in [0.15, 0.2) is 23.0 Å². The molecule has 0 aliphatic rings. The van der Waals surface area contributed by atoms with Gasteiger partial charge in [-0.15, -0.1) is 0 Å². The van der Waals surface area contributed by atoms with Crippen LogP contribution in [0.3, 0.4) is 0 Å². The zero-order valence-electron chi connectivity index (χ0n) is 17.5. The summed E-state index contributed by atoms with van der Waals surface area (Å²) in [5.74, 6) is 2.24. The molecule has 29 heavy (non-hydrogen) atoms. The molecule has 0 unspecified atom stereocenters. The van der Waals surface area contributed by atoms with Crippen LogP contribution in [-0.2, 0) is 4.79 Å². The summed E-state index contributed by atoms with van der Waals surface area (Å²) >= 11 is 0. The van der Waals surface area contributed by atoms with Crippen LogP contribution in [0.2, 0.25) is 0 Å². The van der Waals surface area contributed by atoms with E-state index in [2.05, 4.69) is 12.2 Å². The molecule has 0 aliphatic carbocycles. The maximum Gasteiger partial charge on any atom is 0.248 e. The molecule has 0 spiro atoms. The molecule has 0 saturated carbocycles. The van der Waals surface area contributed by atoms with E-state index < -0.39 is 0 Å². The first-order valence-corrected chi connectivity index (χ1v) is 9.63. The summed E-state index contributed by atoms with van der Waals surface area (Å²) in [5, 5.41) is 2.80. The zero-order valence-corrected chi connectivity index (χ0v) is 17.5. The highest BCUT2D eigenvalue weighted by atomic mass is 16.5. The Kier molecular flexibility index (Phi) is 8.89. The second-order valence-corrected chi connectivity index (χ2v) is 6.36. The third-order valence-corrected chi connectivity index (χ3v) is 4.27. The summed E-state index contributed by atoms with van der Waals surface area (Å²) in [7, 11) is 4.72. The van der Waals surface area contributed by atoms with E-state index in [1.54, 1.807) is 45.6 Å². The Balaban J connectivity index is 2.00. The monoisotopic (exact) mass is 399 g/mol. The van der Waals surface area contributed by atoms with E-state index >= 15 is 0 Å². The van der Waals surface area contributed by atoms with Gasteiger partial charge in [-0.1, -0.05) is 25.8 Å². The Morgan fingerprint density at radius 2 is 1.59 bits per heavy atom. The van der Waals surface area contributed by atoms with Crippen molar-refractivity contribution in [3.63, 3.8) is 0 Å². The van der Waals surface area contributed by atoms with Crippen LogP contribution < -0.4 is 24.3 Å². The van der Waals surface area contributed by atoms with Gasteiger partial charge in [0.05, 0.1) is 27.9 Å². The fourth-order valence-electron chi connectivity index (χ4n) is 2.71. The molecule has 1 amide bonds. The van der Waals surface area contributed by atoms with Crippen LogP contribution in [0.25, 0.3) is 6.08 Å². The van der Waals surface area contributed by atoms with Crippen molar-refractivity contribution in [1.82, 2.24) is 0 Å². The van der Waals surface area contributed by atoms with Gasteiger partial charge in [0.25, 0.3) is 0 Å². The van der Waals surface area contributed by atoms with Crippen LogP contribution in [0.4, 0.5) is 5.69 Å². The maximum atomic E-state index is 12.2. The predicted molar refractivity (Wildman–Crippen MR) is 115 cm³/mol. The highest BCUT2D eigenvalue weighted by Crippen LogP contribution is 2.30. The number of anilines is 1. The molecule has 156 valence electrons. The van der Waals surface area contributed by atoms with Gasteiger partial charge < -0.3 is 24.3 Å². The van der Waals surface area contributed by atoms with Crippen molar-refractivity contribution in [2.45, 2.75) is 26.2 Å². The lowest BCUT2D eigenvalue weighted by Gasteiger charge is -2.11. The van der Waals surface area contributed by atoms with Gasteiger partial charge in [0.1, 0.15) is 0 Å². The maximum absolute atomic E-state index is 12.2. The molecule has 0 radical (unpaired) electrons. The summed E-state index contributed by atoms with van der Waals surface area (Å²) in [6, 6.07) is 10.8. The summed E-state index contributed by atoms with van der Waals surface area (Å²) in [6.45, 7) is 2.82. The Labute approximate surface area is 172 Å². The second kappa shape index (κ2) is 11.6. The molecule has 0 bridgehead atoms. The number of carbonyl (C=O) groups excluding carboxylic acids is 1. The predicted octanol–water partition coefficient (Wildman–Crippen LogP) is 4.93. The van der Waals surface area contributed by atoms with E-state index in [9.17, 15) is 4.79 Å². The Bertz CT molecular complexity index is 832. The Morgan fingerprint density at radius 3 is 2.28 bits per heavy atom. The molecular weight excluding hydrogens is 370 g/mol. The minimum atomic E-state index is -0.254. The SMILES string of the molecule is CCCCCOc1ccc(/C=C/C(=O)Nc2ccc(OC)c(OC)c2)cc1OC. The topological polar surface area (TPSA) is 66.0 Å². The van der Waals surface area contributed by atoms with Crippen molar-refractivity contribution in [2.24, 2.45) is 0 Å². The number of carbonyl (C=O) groups is 1. The molecule has 1 N–H and O–H groups in total. The number of amides is 1. The van der Waals surface area contributed by atoms with Gasteiger partial charge in [0, 0.05) is 17.8 Å². The highest BCUT2D eigenvalue weighted by molar-refractivity contribution is 6.02. The summed E-state index contributed by atoms with van der Waals surface area (Å²) < 4.78 is 21.6. The summed E-state index contributed by atoms with van der Waals surface area (Å²) in [6.07, 6.45) is 6.48. The minimum Gasteiger partial charge on any atom is -0.493 e. The van der Waals surface area contributed by atoms with Crippen molar-refractivity contribution in [2.75, 3.05) is 33.3 Å². The Hall–Kier alpha value is -3.15. The van der Waals surface area contributed by atoms with E-state index in [-0.39, 0.29) is 5.91 Å². The number of benzene rings is 2. The second-order valence-electron chi connectivity index (χ2n) is 6.36. The summed E-state index contributed by atoms with van der Waals surface area (Å²) in [4.78, 5) is 12.2. The van der Waals surface area contributed by atoms with E-state index in [1.165, 1.54) is 6.08 Å². The van der Waals surface area contributed by atoms with E-state index in [0.717, 1.165) is 24.8 Å². The number of nitrogens with one attached hydrogen (secondary N) is 1. The van der Waals surface area contributed by atoms with Crippen molar-refractivity contribution in [3.05, 3.63) is 48.0 Å². The first kappa shape index (κ1) is 22.1. The fourth-order valence-corrected chi connectivity index (χ4v) is 2.71. The minimum absolute atomic E-state index is 0.254. The lowest BCUT2D eigenvalue weighted by molar-refractivity contribution is -0.111. The highest BCUT2D eigenvalue weighted by Gasteiger charge is 2.07. The van der Waals surface area contributed by atoms with Gasteiger partial charge in [-0.05, 0) is 42.3 Å². The van der Waals surface area contributed by atoms with Gasteiger partial charge in [0.2, 0.25) is 5.91 Å². The van der Waals surface area contributed by atoms with Gasteiger partial charge in [-0.2, -0.15) is 0 Å². The largest absolute Gasteiger partial charge is 0.493 e. The number of hydrogen-bond acceptors (Lipinski definition) is 5. The molecule has 2 rings (SSSR count). The van der Waals surface area contributed by atoms with E-state index in [1.807, 2.05) is 18.2 Å². The molecule has 0 aliphatic heterocycles. The van der Waals surface area contributed by atoms with Gasteiger partial charge >= 0.3 is 0 Å². The summed E-state index contributed by atoms with van der Waals surface area (Å²) in [5.41, 5.74) is 1.45. The third kappa shape index (κ3) is 6.75. The lowest BCUT2D eigenvalue weighted by Crippen LogP contribution is -2.08. The van der Waals surface area contributed by atoms with Crippen molar-refractivity contribution < 1.29 is 23.7 Å². The third-order valence-electron chi connectivity index (χ3n) is 4.27. The first-order valence-electron chi connectivity index (χ1n) is 9.63. The molecule has 0 fully saturated rings. The standard InChI is InChI=1S/C23H29NO5/c1-5-6-7-14-29-20-11-8-17(15-21(20)27-3)9-13-23(25)24-18-10-12-19(26-2)22(16-18)28-4/h8-13,15-16H,5-7,14H2,1-4H3,(H,24,25)/b13-9+. The number of ether oxygens (including phenoxy) is 4. The molecule has 6 heteroatoms. The van der Waals surface area contributed by atoms with Crippen molar-refractivity contribution >= 4 is 17.7 Å². The van der Waals surface area contributed by atoms with Crippen LogP contribution >= 0.6 is 0 Å². The average molecular weight is 399 g/mol. The molecule has 2 aromatic carbocycles. The molecule has 2 aromatic rings. The molecule has 6 nitrogen and oxygen atoms in total. The Morgan fingerprint density at radius 1 is 0.897 bits per heavy atom.